The summed E-state index contributed by atoms with van der Waals surface area (Å²) in [7, 11) is 0. The fraction of sp³-hybridized carbons (Fsp3) is 0.800. The van der Waals surface area contributed by atoms with Crippen LogP contribution in [0.3, 0.4) is 0 Å². The van der Waals surface area contributed by atoms with Gasteiger partial charge >= 0.3 is 5.97 Å². The van der Waals surface area contributed by atoms with E-state index >= 15 is 0 Å². The molecule has 2 amide bonds. The molecule has 6 heteroatoms. The topological polar surface area (TPSA) is 101 Å². The largest absolute Gasteiger partial charge is 0.481 e. The van der Waals surface area contributed by atoms with Crippen molar-refractivity contribution in [3.05, 3.63) is 0 Å². The summed E-state index contributed by atoms with van der Waals surface area (Å²) in [5, 5.41) is 9.60. The molecule has 120 valence electrons. The number of hydrogen-bond acceptors (Lipinski definition) is 3. The zero-order valence-electron chi connectivity index (χ0n) is 12.9. The molecule has 1 aliphatic rings. The first-order chi connectivity index (χ1) is 9.78. The third kappa shape index (κ3) is 4.72. The van der Waals surface area contributed by atoms with Crippen molar-refractivity contribution in [3.63, 3.8) is 0 Å². The third-order valence-corrected chi connectivity index (χ3v) is 4.27. The molecule has 21 heavy (non-hydrogen) atoms. The van der Waals surface area contributed by atoms with Crippen LogP contribution in [0, 0.1) is 5.41 Å². The minimum absolute atomic E-state index is 0.0478. The van der Waals surface area contributed by atoms with Gasteiger partial charge in [-0.05, 0) is 26.7 Å². The van der Waals surface area contributed by atoms with Crippen molar-refractivity contribution in [3.8, 4) is 0 Å². The smallest absolute Gasteiger partial charge is 0.310 e. The second-order valence-electron chi connectivity index (χ2n) is 6.26. The van der Waals surface area contributed by atoms with Crippen LogP contribution in [-0.4, -0.2) is 40.4 Å². The molecular weight excluding hydrogens is 272 g/mol. The number of carbonyl (C=O) groups is 3. The van der Waals surface area contributed by atoms with Gasteiger partial charge in [-0.1, -0.05) is 25.7 Å². The van der Waals surface area contributed by atoms with Crippen molar-refractivity contribution < 1.29 is 19.5 Å². The van der Waals surface area contributed by atoms with Crippen molar-refractivity contribution in [2.24, 2.45) is 11.1 Å². The molecule has 1 saturated carbocycles. The van der Waals surface area contributed by atoms with E-state index < -0.39 is 17.3 Å². The Morgan fingerprint density at radius 2 is 1.67 bits per heavy atom. The van der Waals surface area contributed by atoms with Gasteiger partial charge in [0.25, 0.3) is 0 Å². The zero-order valence-corrected chi connectivity index (χ0v) is 12.9. The molecule has 0 spiro atoms. The maximum atomic E-state index is 12.5. The highest BCUT2D eigenvalue weighted by atomic mass is 16.4. The Bertz CT molecular complexity index is 398. The zero-order chi connectivity index (χ0) is 16.0. The lowest BCUT2D eigenvalue weighted by Crippen LogP contribution is -2.46. The Balaban J connectivity index is 2.88. The third-order valence-electron chi connectivity index (χ3n) is 4.27. The number of nitrogens with zero attached hydrogens (tertiary/aromatic N) is 1. The van der Waals surface area contributed by atoms with Crippen LogP contribution in [0.4, 0.5) is 0 Å². The molecule has 0 bridgehead atoms. The van der Waals surface area contributed by atoms with Gasteiger partial charge in [0.2, 0.25) is 11.8 Å². The Hall–Kier alpha value is -1.59. The molecule has 0 unspecified atom stereocenters. The van der Waals surface area contributed by atoms with Crippen molar-refractivity contribution in [1.82, 2.24) is 4.90 Å². The molecule has 0 saturated heterocycles. The first kappa shape index (κ1) is 17.5. The van der Waals surface area contributed by atoms with Crippen LogP contribution in [-0.2, 0) is 14.4 Å². The molecule has 0 heterocycles. The first-order valence-electron chi connectivity index (χ1n) is 7.60. The quantitative estimate of drug-likeness (QED) is 0.726. The number of primary amides is 1. The van der Waals surface area contributed by atoms with E-state index in [1.54, 1.807) is 13.8 Å². The second-order valence-corrected chi connectivity index (χ2v) is 6.26. The van der Waals surface area contributed by atoms with E-state index in [-0.39, 0.29) is 24.9 Å². The van der Waals surface area contributed by atoms with Crippen LogP contribution in [0.15, 0.2) is 0 Å². The van der Waals surface area contributed by atoms with Crippen LogP contribution < -0.4 is 5.73 Å². The molecule has 3 N–H and O–H groups in total. The average molecular weight is 298 g/mol. The Kier molecular flexibility index (Phi) is 6.18. The minimum Gasteiger partial charge on any atom is -0.481 e. The van der Waals surface area contributed by atoms with E-state index in [1.807, 2.05) is 0 Å². The molecule has 1 rings (SSSR count). The van der Waals surface area contributed by atoms with Gasteiger partial charge in [-0.2, -0.15) is 0 Å². The monoisotopic (exact) mass is 298 g/mol. The number of rotatable bonds is 6. The highest BCUT2D eigenvalue weighted by Crippen LogP contribution is 2.39. The summed E-state index contributed by atoms with van der Waals surface area (Å²) in [5.74, 6) is -1.78. The fourth-order valence-corrected chi connectivity index (χ4v) is 2.99. The van der Waals surface area contributed by atoms with E-state index in [0.717, 1.165) is 25.7 Å². The van der Waals surface area contributed by atoms with Crippen molar-refractivity contribution >= 4 is 17.8 Å². The Labute approximate surface area is 125 Å². The van der Waals surface area contributed by atoms with E-state index in [0.29, 0.717) is 12.8 Å². The van der Waals surface area contributed by atoms with Crippen molar-refractivity contribution in [2.45, 2.75) is 64.8 Å². The number of nitrogens with two attached hydrogens (primary N) is 1. The summed E-state index contributed by atoms with van der Waals surface area (Å²) in [6.07, 6.45) is 4.69. The van der Waals surface area contributed by atoms with E-state index in [4.69, 9.17) is 5.73 Å². The van der Waals surface area contributed by atoms with E-state index in [2.05, 4.69) is 0 Å². The lowest BCUT2D eigenvalue weighted by Gasteiger charge is -2.32. The summed E-state index contributed by atoms with van der Waals surface area (Å²) < 4.78 is 0. The predicted octanol–water partition coefficient (Wildman–Crippen LogP) is 1.52. The first-order valence-corrected chi connectivity index (χ1v) is 7.60. The Morgan fingerprint density at radius 3 is 2.05 bits per heavy atom. The van der Waals surface area contributed by atoms with Gasteiger partial charge in [-0.15, -0.1) is 0 Å². The van der Waals surface area contributed by atoms with Crippen LogP contribution in [0.25, 0.3) is 0 Å². The number of carbonyl (C=O) groups excluding carboxylic acids is 2. The van der Waals surface area contributed by atoms with Crippen LogP contribution in [0.2, 0.25) is 0 Å². The van der Waals surface area contributed by atoms with Crippen LogP contribution in [0.1, 0.15) is 58.8 Å². The molecule has 1 fully saturated rings. The summed E-state index contributed by atoms with van der Waals surface area (Å²) in [6, 6.07) is -0.179. The van der Waals surface area contributed by atoms with Crippen LogP contribution >= 0.6 is 0 Å². The standard InChI is InChI=1S/C15H26N2O4/c1-11(2)17(10-12(16)18)13(19)9-15(14(20)21)7-5-3-4-6-8-15/h11H,3-10H2,1-2H3,(H2,16,18)(H,20,21). The van der Waals surface area contributed by atoms with E-state index in [1.165, 1.54) is 4.90 Å². The average Bonchev–Trinajstić information content (AvgIpc) is 2.61. The van der Waals surface area contributed by atoms with Gasteiger partial charge < -0.3 is 15.7 Å². The normalized spacial score (nSPS) is 18.0. The number of carboxylic acid groups (broad SMARTS) is 1. The highest BCUT2D eigenvalue weighted by molar-refractivity contribution is 5.88. The van der Waals surface area contributed by atoms with Gasteiger partial charge in [0.1, 0.15) is 0 Å². The second kappa shape index (κ2) is 7.43. The van der Waals surface area contributed by atoms with Gasteiger partial charge in [-0.25, -0.2) is 0 Å². The molecule has 6 nitrogen and oxygen atoms in total. The number of hydrogen-bond donors (Lipinski definition) is 2. The fourth-order valence-electron chi connectivity index (χ4n) is 2.99. The van der Waals surface area contributed by atoms with Crippen LogP contribution in [0.5, 0.6) is 0 Å². The lowest BCUT2D eigenvalue weighted by atomic mass is 9.77. The van der Waals surface area contributed by atoms with Crippen molar-refractivity contribution in [2.75, 3.05) is 6.54 Å². The number of amides is 2. The molecule has 0 aliphatic heterocycles. The summed E-state index contributed by atoms with van der Waals surface area (Å²) in [6.45, 7) is 3.43. The van der Waals surface area contributed by atoms with Gasteiger partial charge in [0.05, 0.1) is 12.0 Å². The lowest BCUT2D eigenvalue weighted by molar-refractivity contribution is -0.155. The molecular formula is C15H26N2O4. The molecule has 0 aromatic heterocycles. The van der Waals surface area contributed by atoms with Gasteiger partial charge in [0, 0.05) is 12.5 Å². The summed E-state index contributed by atoms with van der Waals surface area (Å²) in [4.78, 5) is 36.6. The number of carboxylic acids is 1. The van der Waals surface area contributed by atoms with E-state index in [9.17, 15) is 19.5 Å². The molecule has 0 atom stereocenters. The maximum absolute atomic E-state index is 12.5. The molecule has 0 aromatic carbocycles. The summed E-state index contributed by atoms with van der Waals surface area (Å²) >= 11 is 0. The highest BCUT2D eigenvalue weighted by Gasteiger charge is 2.41. The van der Waals surface area contributed by atoms with Gasteiger partial charge in [-0.3, -0.25) is 14.4 Å². The van der Waals surface area contributed by atoms with Gasteiger partial charge in [0.15, 0.2) is 0 Å². The molecule has 0 radical (unpaired) electrons. The van der Waals surface area contributed by atoms with Crippen molar-refractivity contribution in [1.29, 1.82) is 0 Å². The Morgan fingerprint density at radius 1 is 1.14 bits per heavy atom. The minimum atomic E-state index is -0.988. The molecule has 0 aromatic rings. The maximum Gasteiger partial charge on any atom is 0.310 e. The SMILES string of the molecule is CC(C)N(CC(N)=O)C(=O)CC1(C(=O)O)CCCCCC1. The number of aliphatic carboxylic acids is 1. The summed E-state index contributed by atoms with van der Waals surface area (Å²) in [5.41, 5.74) is 4.18. The predicted molar refractivity (Wildman–Crippen MR) is 78.4 cm³/mol. The molecule has 1 aliphatic carbocycles.